The molecule has 0 aromatic heterocycles. The van der Waals surface area contributed by atoms with E-state index in [4.69, 9.17) is 0 Å². The van der Waals surface area contributed by atoms with Gasteiger partial charge >= 0.3 is 0 Å². The molecule has 0 spiro atoms. The van der Waals surface area contributed by atoms with Gasteiger partial charge in [-0.25, -0.2) is 0 Å². The highest BCUT2D eigenvalue weighted by Gasteiger charge is 2.17. The highest BCUT2D eigenvalue weighted by Crippen LogP contribution is 2.32. The predicted octanol–water partition coefficient (Wildman–Crippen LogP) is 7.85. The van der Waals surface area contributed by atoms with Crippen LogP contribution in [0, 0.1) is 5.92 Å². The Morgan fingerprint density at radius 1 is 0.714 bits per heavy atom. The molecular formula is C28H34. The summed E-state index contributed by atoms with van der Waals surface area (Å²) in [6.45, 7) is 15.8. The third-order valence-electron chi connectivity index (χ3n) is 5.52. The van der Waals surface area contributed by atoms with Crippen LogP contribution in [-0.2, 0) is 10.8 Å². The molecule has 0 heterocycles. The maximum absolute atomic E-state index is 2.39. The fourth-order valence-corrected chi connectivity index (χ4v) is 3.63. The molecule has 2 aromatic rings. The van der Waals surface area contributed by atoms with Crippen molar-refractivity contribution in [1.29, 1.82) is 0 Å². The summed E-state index contributed by atoms with van der Waals surface area (Å²) in [5.41, 5.74) is 8.29. The molecule has 1 atom stereocenters. The number of rotatable bonds is 3. The van der Waals surface area contributed by atoms with Crippen molar-refractivity contribution in [1.82, 2.24) is 0 Å². The maximum atomic E-state index is 2.39. The van der Waals surface area contributed by atoms with Crippen LogP contribution in [0.4, 0.5) is 0 Å². The first-order valence-electron chi connectivity index (χ1n) is 10.3. The molecular weight excluding hydrogens is 336 g/mol. The minimum absolute atomic E-state index is 0.171. The molecule has 2 aromatic carbocycles. The molecule has 146 valence electrons. The highest BCUT2D eigenvalue weighted by atomic mass is 14.2. The average Bonchev–Trinajstić information content (AvgIpc) is 3.03. The molecule has 0 amide bonds. The lowest BCUT2D eigenvalue weighted by atomic mass is 9.84. The molecule has 0 bridgehead atoms. The standard InChI is InChI=1S/C28H34/c1-20-8-9-21(18-20)19-26(22-10-14-24(15-11-22)27(2,3)4)23-12-16-25(17-13-23)28(5,6)7/h8-19,21H,1-7H3. The van der Waals surface area contributed by atoms with Crippen LogP contribution in [0.3, 0.4) is 0 Å². The van der Waals surface area contributed by atoms with Gasteiger partial charge in [-0.2, -0.15) is 0 Å². The summed E-state index contributed by atoms with van der Waals surface area (Å²) < 4.78 is 0. The van der Waals surface area contributed by atoms with Gasteiger partial charge in [-0.15, -0.1) is 0 Å². The molecule has 0 heteroatoms. The van der Waals surface area contributed by atoms with Crippen molar-refractivity contribution >= 4 is 5.57 Å². The molecule has 0 fully saturated rings. The average molecular weight is 371 g/mol. The van der Waals surface area contributed by atoms with Crippen LogP contribution < -0.4 is 0 Å². The Morgan fingerprint density at radius 3 is 1.46 bits per heavy atom. The van der Waals surface area contributed by atoms with Crippen LogP contribution in [0.5, 0.6) is 0 Å². The van der Waals surface area contributed by atoms with Crippen LogP contribution in [0.2, 0.25) is 0 Å². The second-order valence-corrected chi connectivity index (χ2v) is 10.1. The largest absolute Gasteiger partial charge is 0.0735 e. The first-order valence-corrected chi connectivity index (χ1v) is 10.3. The van der Waals surface area contributed by atoms with Gasteiger partial charge in [0.15, 0.2) is 0 Å². The summed E-state index contributed by atoms with van der Waals surface area (Å²) in [6, 6.07) is 18.2. The number of hydrogen-bond donors (Lipinski definition) is 0. The maximum Gasteiger partial charge on any atom is 0.0145 e. The van der Waals surface area contributed by atoms with Crippen LogP contribution in [0.25, 0.3) is 5.57 Å². The zero-order valence-electron chi connectivity index (χ0n) is 18.5. The normalized spacial score (nSPS) is 16.8. The van der Waals surface area contributed by atoms with Crippen LogP contribution in [-0.4, -0.2) is 0 Å². The number of hydrogen-bond acceptors (Lipinski definition) is 0. The molecule has 0 radical (unpaired) electrons. The fourth-order valence-electron chi connectivity index (χ4n) is 3.63. The van der Waals surface area contributed by atoms with Gasteiger partial charge in [0.1, 0.15) is 0 Å². The van der Waals surface area contributed by atoms with Crippen molar-refractivity contribution in [2.75, 3.05) is 0 Å². The molecule has 0 saturated heterocycles. The molecule has 1 unspecified atom stereocenters. The zero-order chi connectivity index (χ0) is 20.5. The number of benzene rings is 2. The van der Waals surface area contributed by atoms with E-state index < -0.39 is 0 Å². The summed E-state index contributed by atoms with van der Waals surface area (Å²) in [5.74, 6) is 0.361. The second-order valence-electron chi connectivity index (χ2n) is 10.1. The Balaban J connectivity index is 2.03. The minimum atomic E-state index is 0.171. The zero-order valence-corrected chi connectivity index (χ0v) is 18.5. The molecule has 0 saturated carbocycles. The Kier molecular flexibility index (Phi) is 5.53. The lowest BCUT2D eigenvalue weighted by Gasteiger charge is -2.21. The van der Waals surface area contributed by atoms with E-state index in [1.165, 1.54) is 33.4 Å². The molecule has 28 heavy (non-hydrogen) atoms. The second kappa shape index (κ2) is 7.59. The summed E-state index contributed by atoms with van der Waals surface area (Å²) in [7, 11) is 0. The van der Waals surface area contributed by atoms with Crippen molar-refractivity contribution in [2.24, 2.45) is 5.92 Å². The third-order valence-corrected chi connectivity index (χ3v) is 5.52. The Morgan fingerprint density at radius 2 is 1.14 bits per heavy atom. The SMILES string of the molecule is CC1=CC(C=C(c2ccc(C(C)(C)C)cc2)c2ccc(C(C)(C)C)cc2)C=C1. The molecule has 0 aliphatic heterocycles. The van der Waals surface area contributed by atoms with E-state index in [0.29, 0.717) is 5.92 Å². The van der Waals surface area contributed by atoms with E-state index >= 15 is 0 Å². The molecule has 1 aliphatic rings. The van der Waals surface area contributed by atoms with Crippen LogP contribution in [0.1, 0.15) is 70.7 Å². The van der Waals surface area contributed by atoms with Crippen molar-refractivity contribution < 1.29 is 0 Å². The lowest BCUT2D eigenvalue weighted by molar-refractivity contribution is 0.590. The smallest absolute Gasteiger partial charge is 0.0145 e. The van der Waals surface area contributed by atoms with Gasteiger partial charge in [0.05, 0.1) is 0 Å². The lowest BCUT2D eigenvalue weighted by Crippen LogP contribution is -2.11. The third kappa shape index (κ3) is 4.73. The minimum Gasteiger partial charge on any atom is -0.0735 e. The fraction of sp³-hybridized carbons (Fsp3) is 0.357. The summed E-state index contributed by atoms with van der Waals surface area (Å²) >= 11 is 0. The Labute approximate surface area is 171 Å². The van der Waals surface area contributed by atoms with Gasteiger partial charge in [0, 0.05) is 5.92 Å². The summed E-state index contributed by atoms with van der Waals surface area (Å²) in [5, 5.41) is 0. The van der Waals surface area contributed by atoms with E-state index in [0.717, 1.165) is 0 Å². The van der Waals surface area contributed by atoms with Crippen molar-refractivity contribution in [2.45, 2.75) is 59.3 Å². The molecule has 0 nitrogen and oxygen atoms in total. The van der Waals surface area contributed by atoms with Gasteiger partial charge in [-0.05, 0) is 45.6 Å². The topological polar surface area (TPSA) is 0 Å². The summed E-state index contributed by atoms with van der Waals surface area (Å²) in [4.78, 5) is 0. The van der Waals surface area contributed by atoms with E-state index in [9.17, 15) is 0 Å². The Bertz CT molecular complexity index is 842. The monoisotopic (exact) mass is 370 g/mol. The van der Waals surface area contributed by atoms with Crippen molar-refractivity contribution in [3.8, 4) is 0 Å². The van der Waals surface area contributed by atoms with Crippen molar-refractivity contribution in [3.05, 3.63) is 101 Å². The van der Waals surface area contributed by atoms with Crippen molar-refractivity contribution in [3.63, 3.8) is 0 Å². The van der Waals surface area contributed by atoms with Crippen LogP contribution in [0.15, 0.2) is 78.4 Å². The number of allylic oxidation sites excluding steroid dienone is 5. The van der Waals surface area contributed by atoms with Gasteiger partial charge in [0.2, 0.25) is 0 Å². The van der Waals surface area contributed by atoms with Gasteiger partial charge < -0.3 is 0 Å². The van der Waals surface area contributed by atoms with E-state index in [1.54, 1.807) is 0 Å². The molecule has 3 rings (SSSR count). The Hall–Kier alpha value is -2.34. The van der Waals surface area contributed by atoms with Gasteiger partial charge in [0.25, 0.3) is 0 Å². The molecule has 1 aliphatic carbocycles. The first kappa shape index (κ1) is 20.4. The van der Waals surface area contributed by atoms with E-state index in [1.807, 2.05) is 0 Å². The van der Waals surface area contributed by atoms with Crippen LogP contribution >= 0.6 is 0 Å². The summed E-state index contributed by atoms with van der Waals surface area (Å²) in [6.07, 6.45) is 9.21. The van der Waals surface area contributed by atoms with E-state index in [2.05, 4.69) is 121 Å². The first-order chi connectivity index (χ1) is 13.0. The quantitative estimate of drug-likeness (QED) is 0.516. The molecule has 0 N–H and O–H groups in total. The highest BCUT2D eigenvalue weighted by molar-refractivity contribution is 5.80. The van der Waals surface area contributed by atoms with Gasteiger partial charge in [-0.1, -0.05) is 120 Å². The van der Waals surface area contributed by atoms with Gasteiger partial charge in [-0.3, -0.25) is 0 Å². The van der Waals surface area contributed by atoms with E-state index in [-0.39, 0.29) is 10.8 Å². The predicted molar refractivity (Wildman–Crippen MR) is 124 cm³/mol.